The fraction of sp³-hybridized carbons (Fsp3) is 0.900. The van der Waals surface area contributed by atoms with Crippen molar-refractivity contribution in [2.45, 2.75) is 18.9 Å². The second-order valence-corrected chi connectivity index (χ2v) is 4.82. The number of carbonyl (C=O) groups is 1. The smallest absolute Gasteiger partial charge is 0.131 e. The van der Waals surface area contributed by atoms with Gasteiger partial charge in [0.25, 0.3) is 0 Å². The average molecular weight is 234 g/mol. The molecule has 1 atom stereocenters. The van der Waals surface area contributed by atoms with Gasteiger partial charge in [-0.15, -0.1) is 0 Å². The lowest BCUT2D eigenvalue weighted by Gasteiger charge is -2.22. The van der Waals surface area contributed by atoms with Crippen LogP contribution in [-0.4, -0.2) is 62.6 Å². The molecule has 0 aromatic heterocycles. The maximum absolute atomic E-state index is 10.0. The average Bonchev–Trinajstić information content (AvgIpc) is 2.67. The van der Waals surface area contributed by atoms with Gasteiger partial charge in [0.05, 0.1) is 27.1 Å². The molecule has 6 nitrogen and oxygen atoms in total. The van der Waals surface area contributed by atoms with E-state index in [0.29, 0.717) is 6.61 Å². The molecule has 1 aliphatic heterocycles. The molecule has 1 fully saturated rings. The zero-order valence-corrected chi connectivity index (χ0v) is 10.2. The number of hydrogen-bond acceptors (Lipinski definition) is 5. The van der Waals surface area contributed by atoms with Gasteiger partial charge in [0.1, 0.15) is 13.2 Å². The summed E-state index contributed by atoms with van der Waals surface area (Å²) < 4.78 is 0.820. The van der Waals surface area contributed by atoms with Crippen molar-refractivity contribution in [1.82, 2.24) is 5.32 Å². The molecule has 0 saturated carbocycles. The van der Waals surface area contributed by atoms with Crippen LogP contribution in [0.2, 0.25) is 0 Å². The highest BCUT2D eigenvalue weighted by molar-refractivity contribution is 5.71. The topological polar surface area (TPSA) is 81.6 Å². The maximum Gasteiger partial charge on any atom is 0.131 e. The maximum atomic E-state index is 10.0. The number of nitrogens with one attached hydrogen (secondary N) is 1. The van der Waals surface area contributed by atoms with Gasteiger partial charge in [-0.1, -0.05) is 0 Å². The van der Waals surface area contributed by atoms with Crippen LogP contribution in [0.4, 0.5) is 0 Å². The van der Waals surface area contributed by atoms with Gasteiger partial charge in [-0.05, 0) is 19.4 Å². The van der Waals surface area contributed by atoms with Gasteiger partial charge >= 0.3 is 0 Å². The fourth-order valence-electron chi connectivity index (χ4n) is 1.20. The van der Waals surface area contributed by atoms with E-state index in [1.807, 2.05) is 21.1 Å². The molecule has 0 bridgehead atoms. The van der Waals surface area contributed by atoms with Crippen LogP contribution >= 0.6 is 0 Å². The Balaban J connectivity index is 0.000000281. The molecular weight excluding hydrogens is 212 g/mol. The number of quaternary nitrogens is 1. The predicted octanol–water partition coefficient (Wildman–Crippen LogP) is -1.33. The molecule has 0 spiro atoms. The van der Waals surface area contributed by atoms with E-state index in [2.05, 4.69) is 10.2 Å². The Kier molecular flexibility index (Phi) is 7.24. The van der Waals surface area contributed by atoms with Gasteiger partial charge in [-0.25, -0.2) is 4.89 Å². The highest BCUT2D eigenvalue weighted by Crippen LogP contribution is 2.02. The summed E-state index contributed by atoms with van der Waals surface area (Å²) >= 11 is 0. The first-order chi connectivity index (χ1) is 7.37. The van der Waals surface area contributed by atoms with Crippen LogP contribution in [0.3, 0.4) is 0 Å². The second kappa shape index (κ2) is 7.56. The minimum Gasteiger partial charge on any atom is -0.548 e. The van der Waals surface area contributed by atoms with Gasteiger partial charge in [0.2, 0.25) is 0 Å². The zero-order valence-electron chi connectivity index (χ0n) is 10.2. The van der Waals surface area contributed by atoms with Gasteiger partial charge in [0, 0.05) is 6.04 Å². The molecule has 1 heterocycles. The normalized spacial score (nSPS) is 20.1. The summed E-state index contributed by atoms with van der Waals surface area (Å²) in [6.45, 7) is 2.05. The van der Waals surface area contributed by atoms with E-state index in [1.54, 1.807) is 0 Å². The van der Waals surface area contributed by atoms with Crippen molar-refractivity contribution in [3.8, 4) is 0 Å². The molecule has 2 N–H and O–H groups in total. The SMILES string of the molecule is C[N+](C)(C)CCOO.O=C([O-])[C@@H]1CCCN1. The molecule has 16 heavy (non-hydrogen) atoms. The van der Waals surface area contributed by atoms with Crippen LogP contribution in [0.15, 0.2) is 0 Å². The quantitative estimate of drug-likeness (QED) is 0.358. The fourth-order valence-corrected chi connectivity index (χ4v) is 1.20. The molecular formula is C10H22N2O4. The van der Waals surface area contributed by atoms with Crippen LogP contribution < -0.4 is 10.4 Å². The van der Waals surface area contributed by atoms with Crippen molar-refractivity contribution >= 4 is 5.97 Å². The molecule has 1 rings (SSSR count). The largest absolute Gasteiger partial charge is 0.548 e. The van der Waals surface area contributed by atoms with E-state index < -0.39 is 5.97 Å². The predicted molar refractivity (Wildman–Crippen MR) is 57.5 cm³/mol. The lowest BCUT2D eigenvalue weighted by molar-refractivity contribution is -0.871. The summed E-state index contributed by atoms with van der Waals surface area (Å²) in [5, 5.41) is 20.7. The molecule has 0 aromatic rings. The minimum absolute atomic E-state index is 0.380. The summed E-state index contributed by atoms with van der Waals surface area (Å²) in [4.78, 5) is 13.9. The van der Waals surface area contributed by atoms with Crippen molar-refractivity contribution in [2.24, 2.45) is 0 Å². The van der Waals surface area contributed by atoms with Crippen LogP contribution in [0.5, 0.6) is 0 Å². The van der Waals surface area contributed by atoms with Crippen molar-refractivity contribution in [1.29, 1.82) is 0 Å². The van der Waals surface area contributed by atoms with E-state index in [1.165, 1.54) is 0 Å². The molecule has 0 unspecified atom stereocenters. The summed E-state index contributed by atoms with van der Waals surface area (Å²) in [6, 6.07) is -0.380. The van der Waals surface area contributed by atoms with Crippen molar-refractivity contribution in [3.05, 3.63) is 0 Å². The number of aliphatic carboxylic acids is 1. The zero-order chi connectivity index (χ0) is 12.6. The summed E-state index contributed by atoms with van der Waals surface area (Å²) in [5.41, 5.74) is 0. The Hall–Kier alpha value is -0.690. The first kappa shape index (κ1) is 15.3. The van der Waals surface area contributed by atoms with Crippen LogP contribution in [0.1, 0.15) is 12.8 Å². The van der Waals surface area contributed by atoms with E-state index in [9.17, 15) is 9.90 Å². The molecule has 0 amide bonds. The number of carboxylic acids is 1. The van der Waals surface area contributed by atoms with Crippen LogP contribution in [-0.2, 0) is 9.68 Å². The standard InChI is InChI=1S/C5H9NO2.C5H13NO2/c7-5(8)4-2-1-3-6-4;1-6(2,3)4-5-8-7/h4,6H,1-3H2,(H,7,8);4-5H2,1-3H3/t4-;/m0./s1. The highest BCUT2D eigenvalue weighted by atomic mass is 17.1. The molecule has 6 heteroatoms. The van der Waals surface area contributed by atoms with Crippen LogP contribution in [0.25, 0.3) is 0 Å². The number of hydrogen-bond donors (Lipinski definition) is 2. The third-order valence-electron chi connectivity index (χ3n) is 2.20. The Bertz CT molecular complexity index is 197. The van der Waals surface area contributed by atoms with Crippen LogP contribution in [0, 0.1) is 0 Å². The first-order valence-electron chi connectivity index (χ1n) is 5.38. The van der Waals surface area contributed by atoms with Crippen molar-refractivity contribution < 1.29 is 24.5 Å². The molecule has 1 saturated heterocycles. The molecule has 0 aromatic carbocycles. The third kappa shape index (κ3) is 8.60. The highest BCUT2D eigenvalue weighted by Gasteiger charge is 2.13. The molecule has 0 aliphatic carbocycles. The van der Waals surface area contributed by atoms with Gasteiger partial charge in [0.15, 0.2) is 0 Å². The Labute approximate surface area is 96.3 Å². The number of carbonyl (C=O) groups excluding carboxylic acids is 1. The first-order valence-corrected chi connectivity index (χ1v) is 5.38. The Morgan fingerprint density at radius 2 is 2.19 bits per heavy atom. The van der Waals surface area contributed by atoms with Gasteiger partial charge in [-0.2, -0.15) is 0 Å². The summed E-state index contributed by atoms with van der Waals surface area (Å²) in [7, 11) is 6.12. The Morgan fingerprint density at radius 3 is 2.38 bits per heavy atom. The van der Waals surface area contributed by atoms with E-state index in [4.69, 9.17) is 5.26 Å². The second-order valence-electron chi connectivity index (χ2n) is 4.82. The number of nitrogens with zero attached hydrogens (tertiary/aromatic N) is 1. The lowest BCUT2D eigenvalue weighted by atomic mass is 10.2. The van der Waals surface area contributed by atoms with Crippen molar-refractivity contribution in [2.75, 3.05) is 40.8 Å². The van der Waals surface area contributed by atoms with Gasteiger partial charge in [-0.3, -0.25) is 5.26 Å². The summed E-state index contributed by atoms with van der Waals surface area (Å²) in [6.07, 6.45) is 1.68. The monoisotopic (exact) mass is 234 g/mol. The van der Waals surface area contributed by atoms with Gasteiger partial charge < -0.3 is 19.7 Å². The van der Waals surface area contributed by atoms with E-state index in [-0.39, 0.29) is 6.04 Å². The molecule has 1 aliphatic rings. The lowest BCUT2D eigenvalue weighted by Crippen LogP contribution is -2.41. The molecule has 0 radical (unpaired) electrons. The van der Waals surface area contributed by atoms with E-state index >= 15 is 0 Å². The Morgan fingerprint density at radius 1 is 1.56 bits per heavy atom. The number of rotatable bonds is 4. The number of likely N-dealkylation sites (N-methyl/N-ethyl adjacent to an activating group) is 1. The van der Waals surface area contributed by atoms with Crippen molar-refractivity contribution in [3.63, 3.8) is 0 Å². The molecule has 96 valence electrons. The third-order valence-corrected chi connectivity index (χ3v) is 2.20. The summed E-state index contributed by atoms with van der Waals surface area (Å²) in [5.74, 6) is -0.970. The number of carboxylic acid groups (broad SMARTS) is 1. The van der Waals surface area contributed by atoms with E-state index in [0.717, 1.165) is 30.4 Å². The minimum atomic E-state index is -0.970.